The topological polar surface area (TPSA) is 35.2 Å². The van der Waals surface area contributed by atoms with Crippen LogP contribution in [0.25, 0.3) is 0 Å². The zero-order valence-electron chi connectivity index (χ0n) is 11.2. The van der Waals surface area contributed by atoms with Crippen LogP contribution in [0, 0.1) is 19.7 Å². The lowest BCUT2D eigenvalue weighted by Gasteiger charge is -2.16. The number of rotatable bonds is 4. The molecule has 0 aliphatic heterocycles. The summed E-state index contributed by atoms with van der Waals surface area (Å²) in [6.07, 6.45) is 0. The van der Waals surface area contributed by atoms with Crippen molar-refractivity contribution < 1.29 is 9.13 Å². The van der Waals surface area contributed by atoms with Gasteiger partial charge in [-0.3, -0.25) is 0 Å². The van der Waals surface area contributed by atoms with Crippen LogP contribution in [0.2, 0.25) is 0 Å². The molecule has 2 nitrogen and oxygen atoms in total. The van der Waals surface area contributed by atoms with Crippen molar-refractivity contribution in [2.24, 2.45) is 5.73 Å². The van der Waals surface area contributed by atoms with Gasteiger partial charge in [-0.15, -0.1) is 0 Å². The van der Waals surface area contributed by atoms with Crippen molar-refractivity contribution in [2.45, 2.75) is 19.9 Å². The summed E-state index contributed by atoms with van der Waals surface area (Å²) >= 11 is 0. The molecule has 100 valence electrons. The molecular formula is C16H18FNO. The molecule has 1 atom stereocenters. The molecule has 2 aromatic carbocycles. The Hall–Kier alpha value is -1.87. The molecule has 0 bridgehead atoms. The van der Waals surface area contributed by atoms with Gasteiger partial charge in [0.15, 0.2) is 0 Å². The van der Waals surface area contributed by atoms with Crippen LogP contribution in [-0.4, -0.2) is 6.61 Å². The quantitative estimate of drug-likeness (QED) is 0.911. The lowest BCUT2D eigenvalue weighted by molar-refractivity contribution is 0.287. The summed E-state index contributed by atoms with van der Waals surface area (Å²) in [5, 5.41) is 0. The van der Waals surface area contributed by atoms with Gasteiger partial charge < -0.3 is 10.5 Å². The summed E-state index contributed by atoms with van der Waals surface area (Å²) in [7, 11) is 0. The standard InChI is InChI=1S/C16H18FNO/c1-11-5-3-4-6-14(11)15(18)10-19-16-9-13(17)8-7-12(16)2/h3-9,15H,10,18H2,1-2H3. The van der Waals surface area contributed by atoms with Crippen molar-refractivity contribution in [1.29, 1.82) is 0 Å². The number of aryl methyl sites for hydroxylation is 2. The number of halogens is 1. The molecular weight excluding hydrogens is 241 g/mol. The lowest BCUT2D eigenvalue weighted by atomic mass is 10.0. The Morgan fingerprint density at radius 3 is 2.58 bits per heavy atom. The Morgan fingerprint density at radius 2 is 1.84 bits per heavy atom. The van der Waals surface area contributed by atoms with Gasteiger partial charge in [0.05, 0.1) is 6.04 Å². The van der Waals surface area contributed by atoms with Gasteiger partial charge in [0.1, 0.15) is 18.2 Å². The molecule has 0 heterocycles. The molecule has 0 aromatic heterocycles. The maximum Gasteiger partial charge on any atom is 0.126 e. The summed E-state index contributed by atoms with van der Waals surface area (Å²) < 4.78 is 18.8. The van der Waals surface area contributed by atoms with Gasteiger partial charge in [-0.25, -0.2) is 4.39 Å². The predicted octanol–water partition coefficient (Wildman–Crippen LogP) is 3.52. The molecule has 0 saturated heterocycles. The molecule has 2 N–H and O–H groups in total. The SMILES string of the molecule is Cc1ccc(F)cc1OCC(N)c1ccccc1C. The van der Waals surface area contributed by atoms with E-state index in [0.29, 0.717) is 12.4 Å². The van der Waals surface area contributed by atoms with Gasteiger partial charge in [0, 0.05) is 6.07 Å². The van der Waals surface area contributed by atoms with E-state index in [9.17, 15) is 4.39 Å². The van der Waals surface area contributed by atoms with Crippen molar-refractivity contribution in [1.82, 2.24) is 0 Å². The smallest absolute Gasteiger partial charge is 0.126 e. The minimum absolute atomic E-state index is 0.219. The van der Waals surface area contributed by atoms with Crippen LogP contribution < -0.4 is 10.5 Å². The molecule has 0 aliphatic carbocycles. The van der Waals surface area contributed by atoms with E-state index in [0.717, 1.165) is 16.7 Å². The molecule has 0 amide bonds. The molecule has 3 heteroatoms. The van der Waals surface area contributed by atoms with Crippen LogP contribution in [-0.2, 0) is 0 Å². The highest BCUT2D eigenvalue weighted by Gasteiger charge is 2.10. The Balaban J connectivity index is 2.06. The summed E-state index contributed by atoms with van der Waals surface area (Å²) in [6, 6.07) is 12.2. The number of nitrogens with two attached hydrogens (primary N) is 1. The maximum absolute atomic E-state index is 13.1. The molecule has 2 aromatic rings. The second kappa shape index (κ2) is 5.85. The Labute approximate surface area is 113 Å². The van der Waals surface area contributed by atoms with Crippen molar-refractivity contribution in [2.75, 3.05) is 6.61 Å². The van der Waals surface area contributed by atoms with Crippen molar-refractivity contribution >= 4 is 0 Å². The zero-order valence-corrected chi connectivity index (χ0v) is 11.2. The van der Waals surface area contributed by atoms with Crippen LogP contribution in [0.15, 0.2) is 42.5 Å². The van der Waals surface area contributed by atoms with E-state index in [1.54, 1.807) is 6.07 Å². The minimum Gasteiger partial charge on any atom is -0.491 e. The minimum atomic E-state index is -0.301. The van der Waals surface area contributed by atoms with E-state index in [-0.39, 0.29) is 11.9 Å². The Bertz CT molecular complexity index is 568. The lowest BCUT2D eigenvalue weighted by Crippen LogP contribution is -2.20. The average Bonchev–Trinajstić information content (AvgIpc) is 2.40. The third-order valence-corrected chi connectivity index (χ3v) is 3.16. The summed E-state index contributed by atoms with van der Waals surface area (Å²) in [4.78, 5) is 0. The van der Waals surface area contributed by atoms with Crippen LogP contribution >= 0.6 is 0 Å². The van der Waals surface area contributed by atoms with E-state index in [4.69, 9.17) is 10.5 Å². The molecule has 2 rings (SSSR count). The van der Waals surface area contributed by atoms with E-state index < -0.39 is 0 Å². The first-order valence-corrected chi connectivity index (χ1v) is 6.28. The highest BCUT2D eigenvalue weighted by atomic mass is 19.1. The number of hydrogen-bond acceptors (Lipinski definition) is 2. The molecule has 1 unspecified atom stereocenters. The van der Waals surface area contributed by atoms with Gasteiger partial charge in [0.2, 0.25) is 0 Å². The fourth-order valence-electron chi connectivity index (χ4n) is 2.00. The highest BCUT2D eigenvalue weighted by Crippen LogP contribution is 2.21. The summed E-state index contributed by atoms with van der Waals surface area (Å²) in [6.45, 7) is 4.23. The maximum atomic E-state index is 13.1. The first kappa shape index (κ1) is 13.6. The molecule has 0 radical (unpaired) electrons. The first-order valence-electron chi connectivity index (χ1n) is 6.28. The second-order valence-electron chi connectivity index (χ2n) is 4.68. The largest absolute Gasteiger partial charge is 0.491 e. The van der Waals surface area contributed by atoms with Crippen LogP contribution in [0.3, 0.4) is 0 Å². The third-order valence-electron chi connectivity index (χ3n) is 3.16. The van der Waals surface area contributed by atoms with Crippen LogP contribution in [0.1, 0.15) is 22.7 Å². The number of ether oxygens (including phenoxy) is 1. The van der Waals surface area contributed by atoms with Crippen molar-refractivity contribution in [3.63, 3.8) is 0 Å². The monoisotopic (exact) mass is 259 g/mol. The first-order chi connectivity index (χ1) is 9.08. The highest BCUT2D eigenvalue weighted by molar-refractivity contribution is 5.33. The third kappa shape index (κ3) is 3.32. The molecule has 0 fully saturated rings. The molecule has 0 spiro atoms. The second-order valence-corrected chi connectivity index (χ2v) is 4.68. The normalized spacial score (nSPS) is 12.2. The van der Waals surface area contributed by atoms with E-state index in [2.05, 4.69) is 0 Å². The Morgan fingerprint density at radius 1 is 1.11 bits per heavy atom. The number of hydrogen-bond donors (Lipinski definition) is 1. The van der Waals surface area contributed by atoms with E-state index in [1.165, 1.54) is 12.1 Å². The zero-order chi connectivity index (χ0) is 13.8. The molecule has 0 aliphatic rings. The molecule has 19 heavy (non-hydrogen) atoms. The van der Waals surface area contributed by atoms with Crippen molar-refractivity contribution in [3.05, 3.63) is 65.0 Å². The van der Waals surface area contributed by atoms with E-state index >= 15 is 0 Å². The predicted molar refractivity (Wildman–Crippen MR) is 74.7 cm³/mol. The van der Waals surface area contributed by atoms with Gasteiger partial charge in [0.25, 0.3) is 0 Å². The van der Waals surface area contributed by atoms with Gasteiger partial charge in [-0.1, -0.05) is 30.3 Å². The van der Waals surface area contributed by atoms with Gasteiger partial charge in [-0.05, 0) is 36.6 Å². The Kier molecular flexibility index (Phi) is 4.17. The number of benzene rings is 2. The fourth-order valence-corrected chi connectivity index (χ4v) is 2.00. The van der Waals surface area contributed by atoms with E-state index in [1.807, 2.05) is 38.1 Å². The van der Waals surface area contributed by atoms with Crippen molar-refractivity contribution in [3.8, 4) is 5.75 Å². The van der Waals surface area contributed by atoms with Gasteiger partial charge >= 0.3 is 0 Å². The fraction of sp³-hybridized carbons (Fsp3) is 0.250. The molecule has 0 saturated carbocycles. The van der Waals surface area contributed by atoms with Crippen LogP contribution in [0.4, 0.5) is 4.39 Å². The summed E-state index contributed by atoms with van der Waals surface area (Å²) in [5.41, 5.74) is 9.20. The van der Waals surface area contributed by atoms with Gasteiger partial charge in [-0.2, -0.15) is 0 Å². The van der Waals surface area contributed by atoms with Crippen LogP contribution in [0.5, 0.6) is 5.75 Å². The average molecular weight is 259 g/mol. The summed E-state index contributed by atoms with van der Waals surface area (Å²) in [5.74, 6) is 0.245.